The highest BCUT2D eigenvalue weighted by Crippen LogP contribution is 2.25. The number of aliphatic imine (C=N–C) groups is 1. The van der Waals surface area contributed by atoms with E-state index in [4.69, 9.17) is 0 Å². The molecule has 0 aliphatic carbocycles. The Labute approximate surface area is 82.0 Å². The number of phenolic OH excluding ortho intramolecular Hbond substituents is 1. The van der Waals surface area contributed by atoms with E-state index in [1.165, 1.54) is 12.1 Å². The summed E-state index contributed by atoms with van der Waals surface area (Å²) in [6.45, 7) is -0.00574. The van der Waals surface area contributed by atoms with Crippen LogP contribution in [0, 0.1) is 5.82 Å². The quantitative estimate of drug-likeness (QED) is 0.641. The molecule has 0 atom stereocenters. The van der Waals surface area contributed by atoms with Gasteiger partial charge in [-0.3, -0.25) is 0 Å². The molecule has 0 aromatic heterocycles. The van der Waals surface area contributed by atoms with E-state index in [0.717, 1.165) is 6.07 Å². The van der Waals surface area contributed by atoms with E-state index < -0.39 is 5.82 Å². The van der Waals surface area contributed by atoms with Gasteiger partial charge in [0, 0.05) is 11.6 Å². The Morgan fingerprint density at radius 1 is 1.62 bits per heavy atom. The highest BCUT2D eigenvalue weighted by Gasteiger charge is 2.06. The predicted octanol–water partition coefficient (Wildman–Crippen LogP) is 2.13. The molecule has 68 valence electrons. The van der Waals surface area contributed by atoms with Crippen LogP contribution in [0.25, 0.3) is 0 Å². The monoisotopic (exact) mass is 245 g/mol. The van der Waals surface area contributed by atoms with E-state index in [9.17, 15) is 14.3 Å². The third-order valence-electron chi connectivity index (χ3n) is 1.44. The van der Waals surface area contributed by atoms with Gasteiger partial charge < -0.3 is 5.11 Å². The molecular weight excluding hydrogens is 241 g/mol. The van der Waals surface area contributed by atoms with Gasteiger partial charge in [0.25, 0.3) is 0 Å². The fraction of sp³-hybridized carbons (Fsp3) is 0.125. The van der Waals surface area contributed by atoms with Crippen molar-refractivity contribution in [2.24, 2.45) is 4.99 Å². The van der Waals surface area contributed by atoms with E-state index in [-0.39, 0.29) is 16.8 Å². The molecule has 1 aromatic carbocycles. The predicted molar refractivity (Wildman–Crippen MR) is 47.6 cm³/mol. The van der Waals surface area contributed by atoms with E-state index in [1.54, 1.807) is 0 Å². The smallest absolute Gasteiger partial charge is 0.235 e. The van der Waals surface area contributed by atoms with Crippen molar-refractivity contribution in [3.63, 3.8) is 0 Å². The molecule has 0 saturated carbocycles. The zero-order chi connectivity index (χ0) is 9.84. The van der Waals surface area contributed by atoms with E-state index >= 15 is 0 Å². The summed E-state index contributed by atoms with van der Waals surface area (Å²) in [5, 5.41) is 9.19. The lowest BCUT2D eigenvalue weighted by molar-refractivity contribution is 0.461. The summed E-state index contributed by atoms with van der Waals surface area (Å²) in [5.74, 6) is -0.781. The average Bonchev–Trinajstić information content (AvgIpc) is 2.09. The molecule has 1 aromatic rings. The van der Waals surface area contributed by atoms with Crippen LogP contribution in [0.1, 0.15) is 5.56 Å². The van der Waals surface area contributed by atoms with Gasteiger partial charge in [0.05, 0.1) is 11.0 Å². The van der Waals surface area contributed by atoms with Crippen LogP contribution in [-0.2, 0) is 11.3 Å². The van der Waals surface area contributed by atoms with Gasteiger partial charge in [0.15, 0.2) is 0 Å². The van der Waals surface area contributed by atoms with Crippen molar-refractivity contribution in [1.82, 2.24) is 0 Å². The standard InChI is InChI=1S/C8H5BrFNO2/c9-6-1-5(3-11-4-12)8(13)2-7(6)10/h1-2,13H,3H2. The van der Waals surface area contributed by atoms with Gasteiger partial charge in [0.1, 0.15) is 11.6 Å². The van der Waals surface area contributed by atoms with Crippen LogP contribution >= 0.6 is 15.9 Å². The molecule has 0 fully saturated rings. The number of nitrogens with zero attached hydrogens (tertiary/aromatic N) is 1. The number of benzene rings is 1. The van der Waals surface area contributed by atoms with Gasteiger partial charge in [-0.1, -0.05) is 0 Å². The second kappa shape index (κ2) is 4.16. The summed E-state index contributed by atoms with van der Waals surface area (Å²) >= 11 is 2.95. The van der Waals surface area contributed by atoms with Crippen molar-refractivity contribution in [1.29, 1.82) is 0 Å². The second-order valence-electron chi connectivity index (χ2n) is 2.30. The van der Waals surface area contributed by atoms with Gasteiger partial charge in [-0.25, -0.2) is 14.2 Å². The van der Waals surface area contributed by atoms with Gasteiger partial charge >= 0.3 is 0 Å². The minimum atomic E-state index is -0.559. The molecule has 0 amide bonds. The van der Waals surface area contributed by atoms with Crippen molar-refractivity contribution in [3.8, 4) is 5.75 Å². The summed E-state index contributed by atoms with van der Waals surface area (Å²) in [5.41, 5.74) is 0.372. The van der Waals surface area contributed by atoms with Crippen molar-refractivity contribution >= 4 is 22.0 Å². The van der Waals surface area contributed by atoms with Crippen LogP contribution in [0.15, 0.2) is 21.6 Å². The van der Waals surface area contributed by atoms with Crippen LogP contribution in [-0.4, -0.2) is 11.2 Å². The average molecular weight is 246 g/mol. The fourth-order valence-corrected chi connectivity index (χ4v) is 1.21. The summed E-state index contributed by atoms with van der Waals surface area (Å²) in [7, 11) is 0. The maximum Gasteiger partial charge on any atom is 0.235 e. The van der Waals surface area contributed by atoms with Gasteiger partial charge in [-0.05, 0) is 22.0 Å². The Bertz CT molecular complexity index is 375. The number of carbonyl (C=O) groups excluding carboxylic acids is 1. The largest absolute Gasteiger partial charge is 0.507 e. The lowest BCUT2D eigenvalue weighted by atomic mass is 10.2. The summed E-state index contributed by atoms with van der Waals surface area (Å²) in [6, 6.07) is 2.32. The zero-order valence-electron chi connectivity index (χ0n) is 6.42. The van der Waals surface area contributed by atoms with Gasteiger partial charge in [-0.2, -0.15) is 0 Å². The second-order valence-corrected chi connectivity index (χ2v) is 3.16. The molecule has 0 radical (unpaired) electrons. The molecule has 0 spiro atoms. The van der Waals surface area contributed by atoms with Gasteiger partial charge in [-0.15, -0.1) is 0 Å². The molecule has 0 aliphatic heterocycles. The molecule has 3 nitrogen and oxygen atoms in total. The normalized spacial score (nSPS) is 9.38. The fourth-order valence-electron chi connectivity index (χ4n) is 0.822. The first kappa shape index (κ1) is 9.89. The Hall–Kier alpha value is -1.19. The third kappa shape index (κ3) is 2.37. The number of rotatable bonds is 2. The van der Waals surface area contributed by atoms with Crippen LogP contribution in [0.2, 0.25) is 0 Å². The Morgan fingerprint density at radius 2 is 2.31 bits per heavy atom. The van der Waals surface area contributed by atoms with Crippen molar-refractivity contribution in [2.75, 3.05) is 0 Å². The number of halogens is 2. The maximum absolute atomic E-state index is 12.8. The van der Waals surface area contributed by atoms with Crippen molar-refractivity contribution < 1.29 is 14.3 Å². The summed E-state index contributed by atoms with van der Waals surface area (Å²) < 4.78 is 13.0. The molecule has 1 rings (SSSR count). The molecule has 0 bridgehead atoms. The summed E-state index contributed by atoms with van der Waals surface area (Å²) in [6.07, 6.45) is 1.33. The van der Waals surface area contributed by atoms with Crippen LogP contribution < -0.4 is 0 Å². The molecule has 0 unspecified atom stereocenters. The lowest BCUT2D eigenvalue weighted by Crippen LogP contribution is -1.86. The molecule has 13 heavy (non-hydrogen) atoms. The molecule has 5 heteroatoms. The van der Waals surface area contributed by atoms with Crippen LogP contribution in [0.3, 0.4) is 0 Å². The highest BCUT2D eigenvalue weighted by atomic mass is 79.9. The minimum Gasteiger partial charge on any atom is -0.507 e. The van der Waals surface area contributed by atoms with Crippen LogP contribution in [0.5, 0.6) is 5.75 Å². The number of aromatic hydroxyl groups is 1. The third-order valence-corrected chi connectivity index (χ3v) is 2.04. The topological polar surface area (TPSA) is 49.7 Å². The van der Waals surface area contributed by atoms with Crippen LogP contribution in [0.4, 0.5) is 4.39 Å². The molecule has 1 N–H and O–H groups in total. The van der Waals surface area contributed by atoms with E-state index in [2.05, 4.69) is 20.9 Å². The summed E-state index contributed by atoms with van der Waals surface area (Å²) in [4.78, 5) is 13.0. The first-order valence-corrected chi connectivity index (χ1v) is 4.15. The zero-order valence-corrected chi connectivity index (χ0v) is 8.01. The minimum absolute atomic E-state index is 0.00574. The molecule has 0 aliphatic rings. The van der Waals surface area contributed by atoms with E-state index in [1.807, 2.05) is 0 Å². The SMILES string of the molecule is O=C=NCc1cc(Br)c(F)cc1O. The number of hydrogen-bond acceptors (Lipinski definition) is 3. The van der Waals surface area contributed by atoms with E-state index in [0.29, 0.717) is 5.56 Å². The first-order valence-electron chi connectivity index (χ1n) is 3.35. The molecule has 0 heterocycles. The molecular formula is C8H5BrFNO2. The first-order chi connectivity index (χ1) is 6.15. The number of isocyanates is 1. The molecule has 0 saturated heterocycles. The Morgan fingerprint density at radius 3 is 2.92 bits per heavy atom. The Balaban J connectivity index is 3.07. The number of hydrogen-bond donors (Lipinski definition) is 1. The maximum atomic E-state index is 12.8. The lowest BCUT2D eigenvalue weighted by Gasteiger charge is -2.01. The van der Waals surface area contributed by atoms with Crippen molar-refractivity contribution in [3.05, 3.63) is 28.0 Å². The number of phenols is 1. The highest BCUT2D eigenvalue weighted by molar-refractivity contribution is 9.10. The Kier molecular flexibility index (Phi) is 3.17. The van der Waals surface area contributed by atoms with Gasteiger partial charge in [0.2, 0.25) is 6.08 Å². The van der Waals surface area contributed by atoms with Crippen molar-refractivity contribution in [2.45, 2.75) is 6.54 Å².